The van der Waals surface area contributed by atoms with Crippen LogP contribution in [0, 0.1) is 0 Å². The molecule has 0 spiro atoms. The SMILES string of the molecule is OC(COCc1ccccc1)Cc1ccccc1Sc1ccccc1CC(O)COCc1ccccc1. The Morgan fingerprint density at radius 2 is 0.892 bits per heavy atom. The van der Waals surface area contributed by atoms with Crippen LogP contribution in [0.2, 0.25) is 0 Å². The number of rotatable bonds is 14. The minimum atomic E-state index is -0.593. The molecule has 4 rings (SSSR count). The van der Waals surface area contributed by atoms with E-state index in [-0.39, 0.29) is 13.2 Å². The van der Waals surface area contributed by atoms with E-state index in [0.29, 0.717) is 26.1 Å². The average molecular weight is 515 g/mol. The van der Waals surface area contributed by atoms with Crippen molar-refractivity contribution in [2.75, 3.05) is 13.2 Å². The van der Waals surface area contributed by atoms with Crippen molar-refractivity contribution >= 4 is 11.8 Å². The van der Waals surface area contributed by atoms with Gasteiger partial charge in [-0.3, -0.25) is 0 Å². The Hall–Kier alpha value is -2.93. The van der Waals surface area contributed by atoms with Crippen molar-refractivity contribution < 1.29 is 19.7 Å². The zero-order valence-electron chi connectivity index (χ0n) is 20.9. The monoisotopic (exact) mass is 514 g/mol. The first-order chi connectivity index (χ1) is 18.2. The Kier molecular flexibility index (Phi) is 10.8. The second-order valence-electron chi connectivity index (χ2n) is 9.03. The maximum absolute atomic E-state index is 10.6. The molecule has 0 aromatic heterocycles. The van der Waals surface area contributed by atoms with Crippen molar-refractivity contribution in [1.82, 2.24) is 0 Å². The summed E-state index contributed by atoms with van der Waals surface area (Å²) in [7, 11) is 0. The molecule has 0 radical (unpaired) electrons. The van der Waals surface area contributed by atoms with Gasteiger partial charge in [0, 0.05) is 22.6 Å². The fourth-order valence-electron chi connectivity index (χ4n) is 4.06. The number of hydrogen-bond acceptors (Lipinski definition) is 5. The zero-order valence-corrected chi connectivity index (χ0v) is 21.7. The lowest BCUT2D eigenvalue weighted by molar-refractivity contribution is 0.0286. The van der Waals surface area contributed by atoms with Crippen molar-refractivity contribution in [3.8, 4) is 0 Å². The van der Waals surface area contributed by atoms with Crippen molar-refractivity contribution in [1.29, 1.82) is 0 Å². The summed E-state index contributed by atoms with van der Waals surface area (Å²) in [6.45, 7) is 1.53. The molecule has 4 nitrogen and oxygen atoms in total. The maximum atomic E-state index is 10.6. The second-order valence-corrected chi connectivity index (χ2v) is 10.1. The van der Waals surface area contributed by atoms with Crippen molar-refractivity contribution in [3.63, 3.8) is 0 Å². The van der Waals surface area contributed by atoms with E-state index < -0.39 is 12.2 Å². The van der Waals surface area contributed by atoms with Gasteiger partial charge in [-0.15, -0.1) is 0 Å². The van der Waals surface area contributed by atoms with E-state index >= 15 is 0 Å². The van der Waals surface area contributed by atoms with Gasteiger partial charge < -0.3 is 19.7 Å². The Bertz CT molecular complexity index is 1100. The minimum absolute atomic E-state index is 0.277. The summed E-state index contributed by atoms with van der Waals surface area (Å²) in [5, 5.41) is 21.3. The number of benzene rings is 4. The predicted octanol–water partition coefficient (Wildman–Crippen LogP) is 6.08. The van der Waals surface area contributed by atoms with Crippen LogP contribution < -0.4 is 0 Å². The number of aliphatic hydroxyl groups is 2. The molecule has 0 fully saturated rings. The van der Waals surface area contributed by atoms with E-state index in [1.807, 2.05) is 84.9 Å². The Morgan fingerprint density at radius 1 is 0.514 bits per heavy atom. The summed E-state index contributed by atoms with van der Waals surface area (Å²) in [4.78, 5) is 2.18. The molecule has 0 bridgehead atoms. The molecule has 2 N–H and O–H groups in total. The van der Waals surface area contributed by atoms with Crippen LogP contribution in [-0.2, 0) is 35.5 Å². The van der Waals surface area contributed by atoms with Crippen LogP contribution in [0.25, 0.3) is 0 Å². The lowest BCUT2D eigenvalue weighted by Gasteiger charge is -2.17. The van der Waals surface area contributed by atoms with Gasteiger partial charge in [-0.2, -0.15) is 0 Å². The fourth-order valence-corrected chi connectivity index (χ4v) is 5.16. The first kappa shape index (κ1) is 27.1. The van der Waals surface area contributed by atoms with Gasteiger partial charge in [0.25, 0.3) is 0 Å². The van der Waals surface area contributed by atoms with Gasteiger partial charge in [0.15, 0.2) is 0 Å². The van der Waals surface area contributed by atoms with Crippen molar-refractivity contribution in [3.05, 3.63) is 131 Å². The Balaban J connectivity index is 1.31. The molecule has 4 aromatic carbocycles. The van der Waals surface area contributed by atoms with E-state index in [1.165, 1.54) is 0 Å². The standard InChI is InChI=1S/C32H34O4S/c33-29(23-35-21-25-11-3-1-4-12-25)19-27-15-7-9-17-31(27)37-32-18-10-8-16-28(32)20-30(34)24-36-22-26-13-5-2-6-14-26/h1-18,29-30,33-34H,19-24H2. The molecule has 0 aliphatic heterocycles. The largest absolute Gasteiger partial charge is 0.390 e. The first-order valence-corrected chi connectivity index (χ1v) is 13.4. The molecule has 0 aliphatic carbocycles. The molecule has 0 aliphatic rings. The smallest absolute Gasteiger partial charge is 0.0814 e. The maximum Gasteiger partial charge on any atom is 0.0814 e. The molecule has 2 unspecified atom stereocenters. The summed E-state index contributed by atoms with van der Waals surface area (Å²) < 4.78 is 11.5. The summed E-state index contributed by atoms with van der Waals surface area (Å²) in [6.07, 6.45) is -0.166. The third-order valence-electron chi connectivity index (χ3n) is 5.92. The van der Waals surface area contributed by atoms with Gasteiger partial charge in [0.05, 0.1) is 38.6 Å². The van der Waals surface area contributed by atoms with E-state index in [2.05, 4.69) is 24.3 Å². The highest BCUT2D eigenvalue weighted by atomic mass is 32.2. The van der Waals surface area contributed by atoms with Gasteiger partial charge in [0.1, 0.15) is 0 Å². The van der Waals surface area contributed by atoms with Crippen LogP contribution in [0.1, 0.15) is 22.3 Å². The lowest BCUT2D eigenvalue weighted by atomic mass is 10.1. The molecule has 0 heterocycles. The average Bonchev–Trinajstić information content (AvgIpc) is 2.92. The van der Waals surface area contributed by atoms with Gasteiger partial charge in [0.2, 0.25) is 0 Å². The Labute approximate surface area is 223 Å². The normalized spacial score (nSPS) is 12.8. The third kappa shape index (κ3) is 9.15. The van der Waals surface area contributed by atoms with Crippen molar-refractivity contribution in [2.45, 2.75) is 48.1 Å². The van der Waals surface area contributed by atoms with Crippen LogP contribution >= 0.6 is 11.8 Å². The minimum Gasteiger partial charge on any atom is -0.390 e. The molecule has 2 atom stereocenters. The van der Waals surface area contributed by atoms with Gasteiger partial charge >= 0.3 is 0 Å². The third-order valence-corrected chi connectivity index (χ3v) is 7.16. The van der Waals surface area contributed by atoms with Crippen LogP contribution in [0.5, 0.6) is 0 Å². The predicted molar refractivity (Wildman–Crippen MR) is 149 cm³/mol. The van der Waals surface area contributed by atoms with Crippen LogP contribution in [0.3, 0.4) is 0 Å². The second kappa shape index (κ2) is 14.7. The van der Waals surface area contributed by atoms with E-state index in [4.69, 9.17) is 9.47 Å². The summed E-state index contributed by atoms with van der Waals surface area (Å²) in [5.41, 5.74) is 4.33. The molecule has 0 saturated heterocycles. The van der Waals surface area contributed by atoms with Crippen LogP contribution in [0.15, 0.2) is 119 Å². The first-order valence-electron chi connectivity index (χ1n) is 12.6. The molecule has 0 saturated carbocycles. The quantitative estimate of drug-likeness (QED) is 0.214. The number of ether oxygens (including phenoxy) is 2. The molecular formula is C32H34O4S. The Morgan fingerprint density at radius 3 is 1.32 bits per heavy atom. The zero-order chi connectivity index (χ0) is 25.7. The number of hydrogen-bond donors (Lipinski definition) is 2. The van der Waals surface area contributed by atoms with Crippen molar-refractivity contribution in [2.24, 2.45) is 0 Å². The molecule has 5 heteroatoms. The summed E-state index contributed by atoms with van der Waals surface area (Å²) in [5.74, 6) is 0. The van der Waals surface area contributed by atoms with E-state index in [0.717, 1.165) is 32.0 Å². The highest BCUT2D eigenvalue weighted by Gasteiger charge is 2.14. The fraction of sp³-hybridized carbons (Fsp3) is 0.250. The molecule has 0 amide bonds. The van der Waals surface area contributed by atoms with Gasteiger partial charge in [-0.25, -0.2) is 0 Å². The topological polar surface area (TPSA) is 58.9 Å². The van der Waals surface area contributed by atoms with Gasteiger partial charge in [-0.1, -0.05) is 109 Å². The lowest BCUT2D eigenvalue weighted by Crippen LogP contribution is -2.19. The van der Waals surface area contributed by atoms with Gasteiger partial charge in [-0.05, 0) is 34.4 Å². The summed E-state index contributed by atoms with van der Waals surface area (Å²) >= 11 is 1.66. The van der Waals surface area contributed by atoms with E-state index in [1.54, 1.807) is 11.8 Å². The highest BCUT2D eigenvalue weighted by Crippen LogP contribution is 2.34. The summed E-state index contributed by atoms with van der Waals surface area (Å²) in [6, 6.07) is 36.2. The highest BCUT2D eigenvalue weighted by molar-refractivity contribution is 7.99. The molecular weight excluding hydrogens is 480 g/mol. The van der Waals surface area contributed by atoms with Crippen LogP contribution in [0.4, 0.5) is 0 Å². The molecule has 192 valence electrons. The molecule has 4 aromatic rings. The number of aliphatic hydroxyl groups excluding tert-OH is 2. The van der Waals surface area contributed by atoms with Crippen LogP contribution in [-0.4, -0.2) is 35.6 Å². The molecule has 37 heavy (non-hydrogen) atoms. The van der Waals surface area contributed by atoms with E-state index in [9.17, 15) is 10.2 Å².